The average molecular weight is 233 g/mol. The Hall–Kier alpha value is -1.29. The van der Waals surface area contributed by atoms with Gasteiger partial charge < -0.3 is 10.2 Å². The van der Waals surface area contributed by atoms with Gasteiger partial charge in [0.1, 0.15) is 11.6 Å². The highest BCUT2D eigenvalue weighted by Crippen LogP contribution is 2.30. The number of carboxylic acids is 1. The number of rotatable bonds is 3. The van der Waals surface area contributed by atoms with Gasteiger partial charge >= 0.3 is 5.97 Å². The van der Waals surface area contributed by atoms with Crippen molar-refractivity contribution < 1.29 is 19.4 Å². The molecule has 2 N–H and O–H groups in total. The topological polar surface area (TPSA) is 57.5 Å². The zero-order valence-electron chi connectivity index (χ0n) is 8.00. The maximum Gasteiger partial charge on any atom is 0.306 e. The molecule has 1 rings (SSSR count). The summed E-state index contributed by atoms with van der Waals surface area (Å²) in [7, 11) is 0. The zero-order valence-corrected chi connectivity index (χ0v) is 8.75. The van der Waals surface area contributed by atoms with E-state index in [-0.39, 0.29) is 22.8 Å². The minimum absolute atomic E-state index is 0.0339. The fourth-order valence-corrected chi connectivity index (χ4v) is 1.40. The van der Waals surface area contributed by atoms with E-state index in [9.17, 15) is 14.3 Å². The molecule has 0 aliphatic rings. The molecule has 0 radical (unpaired) electrons. The van der Waals surface area contributed by atoms with Gasteiger partial charge in [0.25, 0.3) is 0 Å². The minimum Gasteiger partial charge on any atom is -0.506 e. The summed E-state index contributed by atoms with van der Waals surface area (Å²) >= 11 is 5.66. The lowest BCUT2D eigenvalue weighted by Crippen LogP contribution is -2.13. The van der Waals surface area contributed by atoms with E-state index in [0.717, 1.165) is 12.1 Å². The molecule has 1 unspecified atom stereocenters. The number of aromatic hydroxyl groups is 1. The van der Waals surface area contributed by atoms with Crippen molar-refractivity contribution in [3.8, 4) is 5.75 Å². The number of hydrogen-bond acceptors (Lipinski definition) is 2. The zero-order chi connectivity index (χ0) is 11.6. The fraction of sp³-hybridized carbons (Fsp3) is 0.300. The lowest BCUT2D eigenvalue weighted by molar-refractivity contribution is -0.141. The first-order valence-electron chi connectivity index (χ1n) is 4.32. The molecule has 82 valence electrons. The van der Waals surface area contributed by atoms with Crippen molar-refractivity contribution in [3.05, 3.63) is 28.5 Å². The van der Waals surface area contributed by atoms with Crippen LogP contribution in [0.25, 0.3) is 0 Å². The van der Waals surface area contributed by atoms with Crippen LogP contribution in [-0.4, -0.2) is 16.2 Å². The number of phenols is 1. The van der Waals surface area contributed by atoms with Crippen molar-refractivity contribution in [2.45, 2.75) is 13.3 Å². The van der Waals surface area contributed by atoms with Crippen molar-refractivity contribution in [3.63, 3.8) is 0 Å². The largest absolute Gasteiger partial charge is 0.506 e. The number of aliphatic carboxylic acids is 1. The molecule has 1 aromatic carbocycles. The van der Waals surface area contributed by atoms with Gasteiger partial charge in [0.2, 0.25) is 0 Å². The first kappa shape index (κ1) is 11.8. The maximum atomic E-state index is 13.3. The SMILES string of the molecule is CC(Cc1c(F)ccc(O)c1Cl)C(=O)O. The van der Waals surface area contributed by atoms with Gasteiger partial charge in [0.15, 0.2) is 0 Å². The van der Waals surface area contributed by atoms with Crippen molar-refractivity contribution in [2.75, 3.05) is 0 Å². The quantitative estimate of drug-likeness (QED) is 0.842. The maximum absolute atomic E-state index is 13.3. The Kier molecular flexibility index (Phi) is 3.52. The van der Waals surface area contributed by atoms with Crippen LogP contribution >= 0.6 is 11.6 Å². The molecule has 0 bridgehead atoms. The lowest BCUT2D eigenvalue weighted by atomic mass is 10.0. The van der Waals surface area contributed by atoms with Gasteiger partial charge in [0, 0.05) is 5.56 Å². The van der Waals surface area contributed by atoms with E-state index < -0.39 is 17.7 Å². The molecule has 0 spiro atoms. The molecule has 3 nitrogen and oxygen atoms in total. The Morgan fingerprint density at radius 3 is 2.73 bits per heavy atom. The summed E-state index contributed by atoms with van der Waals surface area (Å²) < 4.78 is 13.3. The molecule has 0 amide bonds. The van der Waals surface area contributed by atoms with Gasteiger partial charge in [-0.1, -0.05) is 18.5 Å². The van der Waals surface area contributed by atoms with E-state index in [1.165, 1.54) is 6.92 Å². The van der Waals surface area contributed by atoms with Crippen LogP contribution < -0.4 is 0 Å². The van der Waals surface area contributed by atoms with Crippen LogP contribution in [-0.2, 0) is 11.2 Å². The van der Waals surface area contributed by atoms with Gasteiger partial charge in [-0.05, 0) is 18.6 Å². The Balaban J connectivity index is 3.03. The number of halogens is 2. The van der Waals surface area contributed by atoms with Gasteiger partial charge in [-0.3, -0.25) is 4.79 Å². The number of carbonyl (C=O) groups is 1. The predicted molar refractivity (Wildman–Crippen MR) is 53.6 cm³/mol. The lowest BCUT2D eigenvalue weighted by Gasteiger charge is -2.10. The Labute approximate surface area is 91.1 Å². The van der Waals surface area contributed by atoms with E-state index in [4.69, 9.17) is 16.7 Å². The summed E-state index contributed by atoms with van der Waals surface area (Å²) in [5.41, 5.74) is 0.0339. The summed E-state index contributed by atoms with van der Waals surface area (Å²) in [5.74, 6) is -2.64. The van der Waals surface area contributed by atoms with Crippen LogP contribution in [0.2, 0.25) is 5.02 Å². The molecule has 15 heavy (non-hydrogen) atoms. The number of benzene rings is 1. The number of carboxylic acid groups (broad SMARTS) is 1. The first-order valence-corrected chi connectivity index (χ1v) is 4.70. The molecule has 0 aliphatic carbocycles. The fourth-order valence-electron chi connectivity index (χ4n) is 1.17. The average Bonchev–Trinajstić information content (AvgIpc) is 2.18. The van der Waals surface area contributed by atoms with Gasteiger partial charge in [-0.25, -0.2) is 4.39 Å². The Bertz CT molecular complexity index is 392. The summed E-state index contributed by atoms with van der Waals surface area (Å²) in [4.78, 5) is 10.6. The first-order chi connectivity index (χ1) is 6.93. The summed E-state index contributed by atoms with van der Waals surface area (Å²) in [6.45, 7) is 1.45. The second kappa shape index (κ2) is 4.49. The van der Waals surface area contributed by atoms with E-state index >= 15 is 0 Å². The minimum atomic E-state index is -1.03. The van der Waals surface area contributed by atoms with Crippen molar-refractivity contribution >= 4 is 17.6 Å². The van der Waals surface area contributed by atoms with Crippen molar-refractivity contribution in [2.24, 2.45) is 5.92 Å². The van der Waals surface area contributed by atoms with E-state index in [1.54, 1.807) is 0 Å². The molecule has 0 aliphatic heterocycles. The normalized spacial score (nSPS) is 12.5. The predicted octanol–water partition coefficient (Wildman–Crippen LogP) is 2.45. The third-order valence-electron chi connectivity index (χ3n) is 2.10. The number of hydrogen-bond donors (Lipinski definition) is 2. The van der Waals surface area contributed by atoms with E-state index in [2.05, 4.69) is 0 Å². The molecule has 0 saturated heterocycles. The van der Waals surface area contributed by atoms with E-state index in [0.29, 0.717) is 0 Å². The van der Waals surface area contributed by atoms with Gasteiger partial charge in [-0.2, -0.15) is 0 Å². The highest BCUT2D eigenvalue weighted by Gasteiger charge is 2.18. The van der Waals surface area contributed by atoms with Crippen LogP contribution in [0.5, 0.6) is 5.75 Å². The van der Waals surface area contributed by atoms with Crippen LogP contribution in [0.4, 0.5) is 4.39 Å². The molecule has 0 fully saturated rings. The summed E-state index contributed by atoms with van der Waals surface area (Å²) in [6.07, 6.45) is -0.0472. The van der Waals surface area contributed by atoms with Gasteiger partial charge in [-0.15, -0.1) is 0 Å². The molecule has 5 heteroatoms. The Morgan fingerprint density at radius 2 is 2.20 bits per heavy atom. The molecular formula is C10H10ClFO3. The second-order valence-corrected chi connectivity index (χ2v) is 3.68. The van der Waals surface area contributed by atoms with Crippen molar-refractivity contribution in [1.29, 1.82) is 0 Å². The number of phenolic OH excluding ortho intramolecular Hbond substituents is 1. The van der Waals surface area contributed by atoms with Crippen LogP contribution in [0.1, 0.15) is 12.5 Å². The summed E-state index contributed by atoms with van der Waals surface area (Å²) in [6, 6.07) is 2.19. The standard InChI is InChI=1S/C10H10ClFO3/c1-5(10(14)15)4-6-7(12)2-3-8(13)9(6)11/h2-3,5,13H,4H2,1H3,(H,14,15). The van der Waals surface area contributed by atoms with Crippen LogP contribution in [0, 0.1) is 11.7 Å². The second-order valence-electron chi connectivity index (χ2n) is 3.30. The third-order valence-corrected chi connectivity index (χ3v) is 2.52. The summed E-state index contributed by atoms with van der Waals surface area (Å²) in [5, 5.41) is 17.8. The Morgan fingerprint density at radius 1 is 1.60 bits per heavy atom. The van der Waals surface area contributed by atoms with E-state index in [1.807, 2.05) is 0 Å². The van der Waals surface area contributed by atoms with Crippen molar-refractivity contribution in [1.82, 2.24) is 0 Å². The third kappa shape index (κ3) is 2.59. The molecule has 1 aromatic rings. The highest BCUT2D eigenvalue weighted by molar-refractivity contribution is 6.32. The molecule has 0 heterocycles. The van der Waals surface area contributed by atoms with Gasteiger partial charge in [0.05, 0.1) is 10.9 Å². The van der Waals surface area contributed by atoms with Crippen LogP contribution in [0.3, 0.4) is 0 Å². The van der Waals surface area contributed by atoms with Crippen LogP contribution in [0.15, 0.2) is 12.1 Å². The molecular weight excluding hydrogens is 223 g/mol. The molecule has 0 saturated carbocycles. The molecule has 1 atom stereocenters. The molecule has 0 aromatic heterocycles. The smallest absolute Gasteiger partial charge is 0.306 e. The monoisotopic (exact) mass is 232 g/mol. The highest BCUT2D eigenvalue weighted by atomic mass is 35.5.